The van der Waals surface area contributed by atoms with Crippen LogP contribution in [0.4, 0.5) is 9.52 Å². The van der Waals surface area contributed by atoms with Crippen LogP contribution in [0.15, 0.2) is 10.5 Å². The molecule has 0 fully saturated rings. The number of halogens is 1. The predicted molar refractivity (Wildman–Crippen MR) is 51.1 cm³/mol. The Labute approximate surface area is 83.4 Å². The van der Waals surface area contributed by atoms with Gasteiger partial charge in [0.05, 0.1) is 0 Å². The lowest BCUT2D eigenvalue weighted by atomic mass is 10.3. The molecular weight excluding hydrogens is 209 g/mol. The Balaban J connectivity index is 2.71. The molecule has 0 unspecified atom stereocenters. The van der Waals surface area contributed by atoms with E-state index in [1.54, 1.807) is 5.38 Å². The van der Waals surface area contributed by atoms with Crippen molar-refractivity contribution in [1.29, 1.82) is 0 Å². The summed E-state index contributed by atoms with van der Waals surface area (Å²) in [5, 5.41) is 5.32. The third-order valence-corrected chi connectivity index (χ3v) is 1.90. The van der Waals surface area contributed by atoms with Crippen molar-refractivity contribution in [3.8, 4) is 0 Å². The summed E-state index contributed by atoms with van der Waals surface area (Å²) in [7, 11) is 0. The van der Waals surface area contributed by atoms with Gasteiger partial charge in [0, 0.05) is 5.38 Å². The van der Waals surface area contributed by atoms with Gasteiger partial charge in [-0.05, 0) is 0 Å². The topological polar surface area (TPSA) is 77.6 Å². The van der Waals surface area contributed by atoms with E-state index in [0.29, 0.717) is 17.1 Å². The molecule has 1 rings (SSSR count). The maximum Gasteiger partial charge on any atom is 0.180 e. The largest absolute Gasteiger partial charge is 0.392 e. The fourth-order valence-corrected chi connectivity index (χ4v) is 1.24. The van der Waals surface area contributed by atoms with E-state index in [0.717, 1.165) is 0 Å². The Morgan fingerprint density at radius 1 is 1.86 bits per heavy atom. The van der Waals surface area contributed by atoms with E-state index in [4.69, 9.17) is 5.73 Å². The Morgan fingerprint density at radius 3 is 3.14 bits per heavy atom. The standard InChI is InChI=1S/C7H8FN3O2S/c8-1-2-13-11-5(3-12)6-4-14-7(9)10-6/h3-4H,1-2H2,(H2,9,10)/b11-5-. The first-order valence-corrected chi connectivity index (χ1v) is 4.58. The molecular formula is C7H8FN3O2S. The minimum absolute atomic E-state index is 0.00593. The number of nitrogens with two attached hydrogens (primary N) is 1. The van der Waals surface area contributed by atoms with Gasteiger partial charge in [0.15, 0.2) is 17.1 Å². The average Bonchev–Trinajstić information content (AvgIpc) is 2.60. The minimum Gasteiger partial charge on any atom is -0.392 e. The summed E-state index contributed by atoms with van der Waals surface area (Å²) >= 11 is 1.18. The van der Waals surface area contributed by atoms with Crippen LogP contribution in [-0.2, 0) is 9.63 Å². The van der Waals surface area contributed by atoms with Gasteiger partial charge in [-0.1, -0.05) is 5.16 Å². The van der Waals surface area contributed by atoms with E-state index in [1.807, 2.05) is 0 Å². The summed E-state index contributed by atoms with van der Waals surface area (Å²) in [6.07, 6.45) is 0.479. The number of oxime groups is 1. The van der Waals surface area contributed by atoms with Crippen LogP contribution in [0.1, 0.15) is 5.69 Å². The smallest absolute Gasteiger partial charge is 0.180 e. The van der Waals surface area contributed by atoms with Crippen LogP contribution in [-0.4, -0.2) is 30.3 Å². The van der Waals surface area contributed by atoms with E-state index < -0.39 is 6.67 Å². The zero-order valence-electron chi connectivity index (χ0n) is 7.14. The van der Waals surface area contributed by atoms with Crippen molar-refractivity contribution < 1.29 is 14.0 Å². The third-order valence-electron chi connectivity index (χ3n) is 1.23. The van der Waals surface area contributed by atoms with Crippen LogP contribution in [0.5, 0.6) is 0 Å². The van der Waals surface area contributed by atoms with Crippen molar-refractivity contribution in [2.24, 2.45) is 5.16 Å². The molecule has 14 heavy (non-hydrogen) atoms. The number of alkyl halides is 1. The minimum atomic E-state index is -0.658. The molecule has 0 spiro atoms. The van der Waals surface area contributed by atoms with Crippen LogP contribution in [0, 0.1) is 0 Å². The first-order valence-electron chi connectivity index (χ1n) is 3.70. The van der Waals surface area contributed by atoms with Gasteiger partial charge in [0.1, 0.15) is 19.0 Å². The molecule has 0 radical (unpaired) electrons. The van der Waals surface area contributed by atoms with E-state index >= 15 is 0 Å². The fraction of sp³-hybridized carbons (Fsp3) is 0.286. The van der Waals surface area contributed by atoms with Gasteiger partial charge in [0.2, 0.25) is 0 Å². The highest BCUT2D eigenvalue weighted by Gasteiger charge is 2.07. The number of aromatic nitrogens is 1. The van der Waals surface area contributed by atoms with Gasteiger partial charge in [-0.3, -0.25) is 4.79 Å². The molecule has 1 aromatic heterocycles. The number of thiazole rings is 1. The molecule has 0 saturated heterocycles. The maximum atomic E-state index is 11.6. The number of nitrogen functional groups attached to an aromatic ring is 1. The van der Waals surface area contributed by atoms with Crippen molar-refractivity contribution in [3.63, 3.8) is 0 Å². The second-order valence-electron chi connectivity index (χ2n) is 2.19. The van der Waals surface area contributed by atoms with Crippen LogP contribution < -0.4 is 5.73 Å². The zero-order chi connectivity index (χ0) is 10.4. The lowest BCUT2D eigenvalue weighted by Crippen LogP contribution is -2.05. The van der Waals surface area contributed by atoms with Gasteiger partial charge in [-0.25, -0.2) is 9.37 Å². The molecule has 76 valence electrons. The van der Waals surface area contributed by atoms with E-state index in [1.165, 1.54) is 11.3 Å². The predicted octanol–water partition coefficient (Wildman–Crippen LogP) is 0.614. The van der Waals surface area contributed by atoms with Gasteiger partial charge in [0.25, 0.3) is 0 Å². The van der Waals surface area contributed by atoms with E-state index in [9.17, 15) is 9.18 Å². The number of anilines is 1. The van der Waals surface area contributed by atoms with Crippen molar-refractivity contribution in [3.05, 3.63) is 11.1 Å². The van der Waals surface area contributed by atoms with Crippen molar-refractivity contribution in [1.82, 2.24) is 4.98 Å². The van der Waals surface area contributed by atoms with Crippen molar-refractivity contribution >= 4 is 28.5 Å². The summed E-state index contributed by atoms with van der Waals surface area (Å²) in [5.74, 6) is 0. The Hall–Kier alpha value is -1.50. The SMILES string of the molecule is Nc1nc(/C(C=O)=N\OCCF)cs1. The highest BCUT2D eigenvalue weighted by molar-refractivity contribution is 7.13. The normalized spacial score (nSPS) is 11.4. The molecule has 0 bridgehead atoms. The first-order chi connectivity index (χ1) is 6.77. The zero-order valence-corrected chi connectivity index (χ0v) is 7.96. The summed E-state index contributed by atoms with van der Waals surface area (Å²) < 4.78 is 11.6. The summed E-state index contributed by atoms with van der Waals surface area (Å²) in [4.78, 5) is 18.9. The fourth-order valence-electron chi connectivity index (χ4n) is 0.684. The molecule has 0 saturated carbocycles. The monoisotopic (exact) mass is 217 g/mol. The van der Waals surface area contributed by atoms with Gasteiger partial charge in [-0.2, -0.15) is 0 Å². The Morgan fingerprint density at radius 2 is 2.64 bits per heavy atom. The van der Waals surface area contributed by atoms with Crippen LogP contribution in [0.2, 0.25) is 0 Å². The molecule has 2 N–H and O–H groups in total. The number of nitrogens with zero attached hydrogens (tertiary/aromatic N) is 2. The van der Waals surface area contributed by atoms with Gasteiger partial charge < -0.3 is 10.6 Å². The number of aldehydes is 1. The quantitative estimate of drug-likeness (QED) is 0.339. The lowest BCUT2D eigenvalue weighted by Gasteiger charge is -1.95. The molecule has 0 aliphatic rings. The van der Waals surface area contributed by atoms with E-state index in [-0.39, 0.29) is 12.3 Å². The third kappa shape index (κ3) is 2.77. The maximum absolute atomic E-state index is 11.6. The lowest BCUT2D eigenvalue weighted by molar-refractivity contribution is -0.102. The van der Waals surface area contributed by atoms with Crippen LogP contribution in [0.3, 0.4) is 0 Å². The molecule has 0 amide bonds. The summed E-state index contributed by atoms with van der Waals surface area (Å²) in [5.41, 5.74) is 5.70. The second-order valence-corrected chi connectivity index (χ2v) is 3.08. The summed E-state index contributed by atoms with van der Waals surface area (Å²) in [6.45, 7) is -0.841. The second kappa shape index (κ2) is 5.28. The van der Waals surface area contributed by atoms with Crippen molar-refractivity contribution in [2.45, 2.75) is 0 Å². The van der Waals surface area contributed by atoms with Crippen LogP contribution in [0.25, 0.3) is 0 Å². The number of rotatable bonds is 5. The molecule has 0 aromatic carbocycles. The van der Waals surface area contributed by atoms with Gasteiger partial charge in [-0.15, -0.1) is 11.3 Å². The first kappa shape index (κ1) is 10.6. The average molecular weight is 217 g/mol. The molecule has 1 heterocycles. The molecule has 1 aromatic rings. The number of hydrogen-bond acceptors (Lipinski definition) is 6. The van der Waals surface area contributed by atoms with E-state index in [2.05, 4.69) is 15.0 Å². The Kier molecular flexibility index (Phi) is 3.99. The van der Waals surface area contributed by atoms with Crippen molar-refractivity contribution in [2.75, 3.05) is 19.0 Å². The van der Waals surface area contributed by atoms with Crippen LogP contribution >= 0.6 is 11.3 Å². The van der Waals surface area contributed by atoms with Gasteiger partial charge >= 0.3 is 0 Å². The molecule has 7 heteroatoms. The molecule has 5 nitrogen and oxygen atoms in total. The highest BCUT2D eigenvalue weighted by atomic mass is 32.1. The molecule has 0 aliphatic heterocycles. The summed E-state index contributed by atoms with van der Waals surface area (Å²) in [6, 6.07) is 0. The Bertz CT molecular complexity index is 339. The molecule has 0 aliphatic carbocycles. The number of hydrogen-bond donors (Lipinski definition) is 1. The molecule has 0 atom stereocenters. The number of carbonyl (C=O) groups excluding carboxylic acids is 1. The number of carbonyl (C=O) groups is 1. The highest BCUT2D eigenvalue weighted by Crippen LogP contribution is 2.11.